The van der Waals surface area contributed by atoms with Gasteiger partial charge in [-0.05, 0) is 39.5 Å². The zero-order chi connectivity index (χ0) is 11.3. The standard InChI is InChI=1S/C11H6BrNO2S.ClH/c12-8-4-5(14)3-7-6-1-2-16-10(6)11(15)13-9(7)8;/h1-4,14H,(H,13,15);1H. The second-order valence-corrected chi connectivity index (χ2v) is 5.24. The van der Waals surface area contributed by atoms with Crippen LogP contribution < -0.4 is 5.56 Å². The largest absolute Gasteiger partial charge is 0.508 e. The van der Waals surface area contributed by atoms with Crippen molar-refractivity contribution in [2.45, 2.75) is 0 Å². The molecule has 0 aliphatic rings. The summed E-state index contributed by atoms with van der Waals surface area (Å²) in [7, 11) is 0. The number of benzene rings is 1. The zero-order valence-corrected chi connectivity index (χ0v) is 11.6. The van der Waals surface area contributed by atoms with Gasteiger partial charge in [-0.2, -0.15) is 0 Å². The molecule has 0 unspecified atom stereocenters. The fourth-order valence-corrected chi connectivity index (χ4v) is 3.15. The Kier molecular flexibility index (Phi) is 3.16. The molecule has 88 valence electrons. The van der Waals surface area contributed by atoms with Gasteiger partial charge >= 0.3 is 0 Å². The number of thiophene rings is 1. The Morgan fingerprint density at radius 1 is 1.29 bits per heavy atom. The number of hydrogen-bond acceptors (Lipinski definition) is 3. The highest BCUT2D eigenvalue weighted by Crippen LogP contribution is 2.32. The van der Waals surface area contributed by atoms with Crippen LogP contribution in [-0.4, -0.2) is 10.1 Å². The van der Waals surface area contributed by atoms with Gasteiger partial charge in [0.05, 0.1) is 5.52 Å². The van der Waals surface area contributed by atoms with E-state index >= 15 is 0 Å². The summed E-state index contributed by atoms with van der Waals surface area (Å²) in [4.78, 5) is 14.6. The van der Waals surface area contributed by atoms with Crippen molar-refractivity contribution in [2.75, 3.05) is 0 Å². The molecule has 0 atom stereocenters. The first kappa shape index (κ1) is 12.4. The van der Waals surface area contributed by atoms with Crippen LogP contribution in [-0.2, 0) is 0 Å². The first-order valence-electron chi connectivity index (χ1n) is 4.58. The average molecular weight is 333 g/mol. The summed E-state index contributed by atoms with van der Waals surface area (Å²) >= 11 is 4.73. The van der Waals surface area contributed by atoms with Crippen LogP contribution in [0.25, 0.3) is 21.0 Å². The van der Waals surface area contributed by atoms with Gasteiger partial charge in [-0.1, -0.05) is 0 Å². The van der Waals surface area contributed by atoms with Crippen molar-refractivity contribution in [1.29, 1.82) is 0 Å². The summed E-state index contributed by atoms with van der Waals surface area (Å²) in [6.45, 7) is 0. The molecule has 0 saturated carbocycles. The van der Waals surface area contributed by atoms with Crippen LogP contribution >= 0.6 is 39.7 Å². The van der Waals surface area contributed by atoms with E-state index < -0.39 is 0 Å². The second-order valence-electron chi connectivity index (χ2n) is 3.47. The van der Waals surface area contributed by atoms with Crippen molar-refractivity contribution in [3.05, 3.63) is 38.4 Å². The van der Waals surface area contributed by atoms with Gasteiger partial charge in [0.15, 0.2) is 0 Å². The van der Waals surface area contributed by atoms with Crippen LogP contribution in [0.2, 0.25) is 0 Å². The lowest BCUT2D eigenvalue weighted by Gasteiger charge is -2.03. The molecule has 0 fully saturated rings. The van der Waals surface area contributed by atoms with E-state index in [1.165, 1.54) is 11.3 Å². The Morgan fingerprint density at radius 2 is 2.06 bits per heavy atom. The number of fused-ring (bicyclic) bond motifs is 3. The molecule has 0 radical (unpaired) electrons. The molecule has 0 bridgehead atoms. The molecular weight excluding hydrogens is 326 g/mol. The van der Waals surface area contributed by atoms with Gasteiger partial charge < -0.3 is 10.1 Å². The van der Waals surface area contributed by atoms with E-state index in [-0.39, 0.29) is 23.7 Å². The van der Waals surface area contributed by atoms with Gasteiger partial charge in [-0.25, -0.2) is 0 Å². The maximum absolute atomic E-state index is 11.8. The van der Waals surface area contributed by atoms with Crippen LogP contribution in [0, 0.1) is 0 Å². The van der Waals surface area contributed by atoms with Crippen molar-refractivity contribution in [3.8, 4) is 5.75 Å². The van der Waals surface area contributed by atoms with E-state index in [2.05, 4.69) is 20.9 Å². The molecule has 1 aromatic carbocycles. The summed E-state index contributed by atoms with van der Waals surface area (Å²) < 4.78 is 1.37. The van der Waals surface area contributed by atoms with E-state index in [9.17, 15) is 9.90 Å². The minimum absolute atomic E-state index is 0. The maximum Gasteiger partial charge on any atom is 0.266 e. The lowest BCUT2D eigenvalue weighted by Crippen LogP contribution is -2.04. The Labute approximate surface area is 115 Å². The monoisotopic (exact) mass is 331 g/mol. The van der Waals surface area contributed by atoms with Crippen LogP contribution in [0.1, 0.15) is 0 Å². The molecule has 6 heteroatoms. The third-order valence-corrected chi connectivity index (χ3v) is 4.01. The van der Waals surface area contributed by atoms with E-state index in [0.717, 1.165) is 10.8 Å². The highest BCUT2D eigenvalue weighted by molar-refractivity contribution is 9.10. The number of pyridine rings is 1. The molecule has 0 amide bonds. The molecule has 2 heterocycles. The number of phenolic OH excluding ortho intramolecular Hbond substituents is 1. The Hall–Kier alpha value is -1.04. The molecule has 17 heavy (non-hydrogen) atoms. The second kappa shape index (κ2) is 4.33. The minimum atomic E-state index is -0.0936. The molecule has 2 N–H and O–H groups in total. The number of H-pyrrole nitrogens is 1. The minimum Gasteiger partial charge on any atom is -0.508 e. The topological polar surface area (TPSA) is 53.1 Å². The van der Waals surface area contributed by atoms with E-state index in [1.807, 2.05) is 11.4 Å². The van der Waals surface area contributed by atoms with E-state index in [1.54, 1.807) is 12.1 Å². The summed E-state index contributed by atoms with van der Waals surface area (Å²) in [5.41, 5.74) is 0.623. The zero-order valence-electron chi connectivity index (χ0n) is 8.36. The lowest BCUT2D eigenvalue weighted by atomic mass is 10.1. The number of aromatic amines is 1. The number of phenols is 1. The van der Waals surface area contributed by atoms with Gasteiger partial charge in [-0.3, -0.25) is 4.79 Å². The number of nitrogens with one attached hydrogen (secondary N) is 1. The molecule has 2 aromatic heterocycles. The van der Waals surface area contributed by atoms with Crippen molar-refractivity contribution in [3.63, 3.8) is 0 Å². The normalized spacial score (nSPS) is 10.6. The third-order valence-electron chi connectivity index (χ3n) is 2.48. The summed E-state index contributed by atoms with van der Waals surface area (Å²) in [5.74, 6) is 0.180. The molecule has 0 aliphatic carbocycles. The fraction of sp³-hybridized carbons (Fsp3) is 0. The van der Waals surface area contributed by atoms with E-state index in [4.69, 9.17) is 0 Å². The van der Waals surface area contributed by atoms with Gasteiger partial charge in [0.25, 0.3) is 5.56 Å². The van der Waals surface area contributed by atoms with Crippen LogP contribution in [0.15, 0.2) is 32.8 Å². The van der Waals surface area contributed by atoms with E-state index in [0.29, 0.717) is 14.7 Å². The lowest BCUT2D eigenvalue weighted by molar-refractivity contribution is 0.476. The number of rotatable bonds is 0. The van der Waals surface area contributed by atoms with Gasteiger partial charge in [0.2, 0.25) is 0 Å². The molecule has 0 saturated heterocycles. The van der Waals surface area contributed by atoms with Gasteiger partial charge in [0, 0.05) is 15.2 Å². The first-order valence-corrected chi connectivity index (χ1v) is 6.26. The molecule has 0 spiro atoms. The number of halogens is 2. The average Bonchev–Trinajstić information content (AvgIpc) is 2.69. The Bertz CT molecular complexity index is 765. The first-order chi connectivity index (χ1) is 7.66. The predicted molar refractivity (Wildman–Crippen MR) is 76.6 cm³/mol. The highest BCUT2D eigenvalue weighted by Gasteiger charge is 2.09. The molecular formula is C11H7BrClNO2S. The van der Waals surface area contributed by atoms with Gasteiger partial charge in [-0.15, -0.1) is 23.7 Å². The summed E-state index contributed by atoms with van der Waals surface area (Å²) in [6.07, 6.45) is 0. The SMILES string of the molecule is Cl.O=c1[nH]c2c(Br)cc(O)cc2c2ccsc12. The molecule has 3 nitrogen and oxygen atoms in total. The highest BCUT2D eigenvalue weighted by atomic mass is 79.9. The molecule has 3 aromatic rings. The van der Waals surface area contributed by atoms with Crippen molar-refractivity contribution in [2.24, 2.45) is 0 Å². The number of hydrogen-bond donors (Lipinski definition) is 2. The predicted octanol–water partition coefficient (Wildman–Crippen LogP) is 3.63. The van der Waals surface area contributed by atoms with Crippen LogP contribution in [0.3, 0.4) is 0 Å². The number of aromatic nitrogens is 1. The van der Waals surface area contributed by atoms with Gasteiger partial charge in [0.1, 0.15) is 10.4 Å². The Morgan fingerprint density at radius 3 is 2.82 bits per heavy atom. The Balaban J connectivity index is 0.00000108. The molecule has 0 aliphatic heterocycles. The van der Waals surface area contributed by atoms with Crippen LogP contribution in [0.4, 0.5) is 0 Å². The summed E-state index contributed by atoms with van der Waals surface area (Å²) in [5, 5.41) is 13.2. The van der Waals surface area contributed by atoms with Crippen molar-refractivity contribution in [1.82, 2.24) is 4.98 Å². The van der Waals surface area contributed by atoms with Crippen molar-refractivity contribution < 1.29 is 5.11 Å². The number of aromatic hydroxyl groups is 1. The fourth-order valence-electron chi connectivity index (χ4n) is 1.80. The summed E-state index contributed by atoms with van der Waals surface area (Å²) in [6, 6.07) is 5.12. The third kappa shape index (κ3) is 1.84. The smallest absolute Gasteiger partial charge is 0.266 e. The quantitative estimate of drug-likeness (QED) is 0.660. The molecule has 3 rings (SSSR count). The maximum atomic E-state index is 11.8. The van der Waals surface area contributed by atoms with Crippen LogP contribution in [0.5, 0.6) is 5.75 Å². The van der Waals surface area contributed by atoms with Crippen molar-refractivity contribution >= 4 is 60.7 Å².